The van der Waals surface area contributed by atoms with Crippen LogP contribution in [0.3, 0.4) is 0 Å². The van der Waals surface area contributed by atoms with Gasteiger partial charge in [-0.25, -0.2) is 13.4 Å². The van der Waals surface area contributed by atoms with Crippen molar-refractivity contribution in [2.75, 3.05) is 10.5 Å². The van der Waals surface area contributed by atoms with Crippen LogP contribution in [0.2, 0.25) is 0 Å². The molecule has 5 N–H and O–H groups in total. The first-order valence-corrected chi connectivity index (χ1v) is 6.72. The van der Waals surface area contributed by atoms with Crippen LogP contribution < -0.4 is 10.5 Å². The Morgan fingerprint density at radius 3 is 2.33 bits per heavy atom. The van der Waals surface area contributed by atoms with Crippen molar-refractivity contribution in [3.63, 3.8) is 0 Å². The fourth-order valence-electron chi connectivity index (χ4n) is 1.09. The summed E-state index contributed by atoms with van der Waals surface area (Å²) in [6.07, 6.45) is 1.53. The van der Waals surface area contributed by atoms with Gasteiger partial charge in [0.25, 0.3) is 10.0 Å². The molecular formula is C9H12N3NaO3S2. The summed E-state index contributed by atoms with van der Waals surface area (Å²) in [5.41, 5.74) is 6.00. The third-order valence-corrected chi connectivity index (χ3v) is 4.02. The van der Waals surface area contributed by atoms with E-state index in [2.05, 4.69) is 9.71 Å². The van der Waals surface area contributed by atoms with Crippen molar-refractivity contribution >= 4 is 61.7 Å². The molecule has 0 unspecified atom stereocenters. The number of sulfonamides is 1. The summed E-state index contributed by atoms with van der Waals surface area (Å²) >= 11 is 1.22. The molecule has 18 heavy (non-hydrogen) atoms. The van der Waals surface area contributed by atoms with Gasteiger partial charge in [0.1, 0.15) is 0 Å². The molecule has 0 aliphatic rings. The van der Waals surface area contributed by atoms with E-state index in [1.54, 1.807) is 5.38 Å². The molecule has 1 aromatic heterocycles. The number of benzene rings is 1. The van der Waals surface area contributed by atoms with Crippen molar-refractivity contribution in [2.24, 2.45) is 0 Å². The Morgan fingerprint density at radius 1 is 1.22 bits per heavy atom. The van der Waals surface area contributed by atoms with Gasteiger partial charge < -0.3 is 11.2 Å². The molecule has 0 saturated heterocycles. The van der Waals surface area contributed by atoms with Crippen LogP contribution >= 0.6 is 11.3 Å². The van der Waals surface area contributed by atoms with E-state index in [4.69, 9.17) is 5.73 Å². The Hall–Kier alpha value is -0.640. The minimum absolute atomic E-state index is 0. The van der Waals surface area contributed by atoms with Gasteiger partial charge in [0.05, 0.1) is 4.90 Å². The summed E-state index contributed by atoms with van der Waals surface area (Å²) in [5, 5.41) is 2.04. The number of nitrogens with one attached hydrogen (secondary N) is 1. The van der Waals surface area contributed by atoms with E-state index in [0.717, 1.165) is 0 Å². The van der Waals surface area contributed by atoms with Gasteiger partial charge in [-0.2, -0.15) is 0 Å². The van der Waals surface area contributed by atoms with Crippen LogP contribution in [-0.2, 0) is 10.0 Å². The van der Waals surface area contributed by atoms with Crippen molar-refractivity contribution in [1.82, 2.24) is 4.98 Å². The van der Waals surface area contributed by atoms with Crippen molar-refractivity contribution in [1.29, 1.82) is 0 Å². The second kappa shape index (κ2) is 7.07. The number of nitrogen functional groups attached to an aromatic ring is 1. The van der Waals surface area contributed by atoms with Gasteiger partial charge in [-0.1, -0.05) is 0 Å². The zero-order valence-corrected chi connectivity index (χ0v) is 10.3. The van der Waals surface area contributed by atoms with Crippen LogP contribution in [-0.4, -0.2) is 48.4 Å². The SMILES string of the molecule is Nc1ccc(S(=O)(=O)Nc2nccs2)cc1.O.[NaH]. The summed E-state index contributed by atoms with van der Waals surface area (Å²) in [6, 6.07) is 5.98. The third-order valence-electron chi connectivity index (χ3n) is 1.84. The standard InChI is InChI=1S/C9H9N3O2S2.Na.H2O.H/c10-7-1-3-8(4-2-7)16(13,14)12-9-11-5-6-15-9;;;/h1-6H,10H2,(H,11,12);;1H2;. The topological polar surface area (TPSA) is 117 Å². The van der Waals surface area contributed by atoms with E-state index in [-0.39, 0.29) is 39.9 Å². The maximum atomic E-state index is 11.8. The Labute approximate surface area is 131 Å². The quantitative estimate of drug-likeness (QED) is 0.615. The van der Waals surface area contributed by atoms with Crippen molar-refractivity contribution in [3.8, 4) is 0 Å². The Kier molecular flexibility index (Phi) is 6.82. The second-order valence-corrected chi connectivity index (χ2v) is 5.59. The molecule has 0 fully saturated rings. The first kappa shape index (κ1) is 17.4. The number of aromatic nitrogens is 1. The normalized spacial score (nSPS) is 10.0. The number of hydrogen-bond donors (Lipinski definition) is 2. The molecule has 94 valence electrons. The number of hydrogen-bond acceptors (Lipinski definition) is 5. The van der Waals surface area contributed by atoms with Crippen LogP contribution in [0.5, 0.6) is 0 Å². The number of nitrogens with two attached hydrogens (primary N) is 1. The second-order valence-electron chi connectivity index (χ2n) is 3.01. The van der Waals surface area contributed by atoms with Crippen LogP contribution in [0.15, 0.2) is 40.7 Å². The van der Waals surface area contributed by atoms with Gasteiger partial charge in [0.2, 0.25) is 0 Å². The predicted molar refractivity (Wildman–Crippen MR) is 74.5 cm³/mol. The zero-order chi connectivity index (χ0) is 11.6. The van der Waals surface area contributed by atoms with Gasteiger partial charge in [-0.3, -0.25) is 4.72 Å². The molecule has 2 rings (SSSR count). The molecular weight excluding hydrogens is 285 g/mol. The molecule has 0 aliphatic carbocycles. The van der Waals surface area contributed by atoms with E-state index < -0.39 is 10.0 Å². The first-order chi connectivity index (χ1) is 7.58. The average Bonchev–Trinajstić information content (AvgIpc) is 2.70. The third kappa shape index (κ3) is 4.23. The van der Waals surface area contributed by atoms with Gasteiger partial charge in [0.15, 0.2) is 5.13 Å². The average molecular weight is 297 g/mol. The Balaban J connectivity index is 0.00000144. The molecule has 0 spiro atoms. The molecule has 0 bridgehead atoms. The summed E-state index contributed by atoms with van der Waals surface area (Å²) in [4.78, 5) is 4.01. The Morgan fingerprint density at radius 2 is 1.83 bits per heavy atom. The van der Waals surface area contributed by atoms with Crippen LogP contribution in [0.4, 0.5) is 10.8 Å². The van der Waals surface area contributed by atoms with Crippen molar-refractivity contribution < 1.29 is 13.9 Å². The summed E-state index contributed by atoms with van der Waals surface area (Å²) in [5.74, 6) is 0. The van der Waals surface area contributed by atoms with E-state index in [1.807, 2.05) is 0 Å². The van der Waals surface area contributed by atoms with Gasteiger partial charge >= 0.3 is 29.6 Å². The summed E-state index contributed by atoms with van der Waals surface area (Å²) in [6.45, 7) is 0. The monoisotopic (exact) mass is 297 g/mol. The maximum absolute atomic E-state index is 11.8. The van der Waals surface area contributed by atoms with E-state index in [9.17, 15) is 8.42 Å². The number of anilines is 2. The van der Waals surface area contributed by atoms with Gasteiger partial charge in [0, 0.05) is 17.3 Å². The molecule has 0 saturated carbocycles. The fourth-order valence-corrected chi connectivity index (χ4v) is 2.88. The molecule has 6 nitrogen and oxygen atoms in total. The van der Waals surface area contributed by atoms with Crippen molar-refractivity contribution in [2.45, 2.75) is 4.90 Å². The number of rotatable bonds is 3. The number of nitrogens with zero attached hydrogens (tertiary/aromatic N) is 1. The number of thiazole rings is 1. The molecule has 1 heterocycles. The fraction of sp³-hybridized carbons (Fsp3) is 0. The molecule has 1 aromatic carbocycles. The predicted octanol–water partition coefficient (Wildman–Crippen LogP) is 0.0529. The molecule has 0 atom stereocenters. The first-order valence-electron chi connectivity index (χ1n) is 4.36. The van der Waals surface area contributed by atoms with E-state index in [0.29, 0.717) is 10.8 Å². The zero-order valence-electron chi connectivity index (χ0n) is 8.62. The van der Waals surface area contributed by atoms with Gasteiger partial charge in [-0.05, 0) is 24.3 Å². The summed E-state index contributed by atoms with van der Waals surface area (Å²) in [7, 11) is -3.56. The Bertz CT molecular complexity index is 570. The van der Waals surface area contributed by atoms with E-state index in [1.165, 1.54) is 41.8 Å². The van der Waals surface area contributed by atoms with Crippen LogP contribution in [0.1, 0.15) is 0 Å². The van der Waals surface area contributed by atoms with Crippen LogP contribution in [0, 0.1) is 0 Å². The van der Waals surface area contributed by atoms with Crippen LogP contribution in [0.25, 0.3) is 0 Å². The molecule has 0 radical (unpaired) electrons. The molecule has 0 amide bonds. The molecule has 0 aliphatic heterocycles. The summed E-state index contributed by atoms with van der Waals surface area (Å²) < 4.78 is 26.0. The molecule has 9 heteroatoms. The van der Waals surface area contributed by atoms with E-state index >= 15 is 0 Å². The van der Waals surface area contributed by atoms with Crippen molar-refractivity contribution in [3.05, 3.63) is 35.8 Å². The molecule has 2 aromatic rings. The minimum atomic E-state index is -3.56. The van der Waals surface area contributed by atoms with Gasteiger partial charge in [-0.15, -0.1) is 11.3 Å².